The van der Waals surface area contributed by atoms with E-state index >= 15 is 0 Å². The number of hydrogen-bond acceptors (Lipinski definition) is 1. The van der Waals surface area contributed by atoms with Gasteiger partial charge in [0.1, 0.15) is 0 Å². The van der Waals surface area contributed by atoms with E-state index in [-0.39, 0.29) is 6.10 Å². The highest BCUT2D eigenvalue weighted by Crippen LogP contribution is 2.00. The van der Waals surface area contributed by atoms with Gasteiger partial charge < -0.3 is 5.11 Å². The van der Waals surface area contributed by atoms with Crippen LogP contribution in [0.5, 0.6) is 0 Å². The van der Waals surface area contributed by atoms with E-state index < -0.39 is 0 Å². The van der Waals surface area contributed by atoms with Crippen LogP contribution in [0.3, 0.4) is 0 Å². The highest BCUT2D eigenvalue weighted by atomic mass is 16.3. The van der Waals surface area contributed by atoms with Crippen molar-refractivity contribution >= 4 is 0 Å². The van der Waals surface area contributed by atoms with Gasteiger partial charge in [0.15, 0.2) is 0 Å². The molecule has 0 rings (SSSR count). The van der Waals surface area contributed by atoms with Crippen LogP contribution in [-0.2, 0) is 0 Å². The number of aliphatic hydroxyl groups is 1. The molecule has 1 nitrogen and oxygen atoms in total. The van der Waals surface area contributed by atoms with Gasteiger partial charge in [0, 0.05) is 0 Å². The van der Waals surface area contributed by atoms with Crippen LogP contribution in [0.4, 0.5) is 0 Å². The summed E-state index contributed by atoms with van der Waals surface area (Å²) in [5.41, 5.74) is 0. The molecule has 0 spiro atoms. The monoisotopic (exact) mass is 200 g/mol. The minimum Gasteiger partial charge on any atom is -0.393 e. The molecule has 1 atom stereocenters. The number of rotatable bonds is 4. The Labute approximate surface area is 90.2 Å². The first-order valence-corrected chi connectivity index (χ1v) is 5.71. The van der Waals surface area contributed by atoms with Crippen molar-refractivity contribution in [3.63, 3.8) is 0 Å². The molecule has 1 heteroatoms. The molecule has 0 fully saturated rings. The molecular weight excluding hydrogens is 172 g/mol. The highest BCUT2D eigenvalue weighted by Gasteiger charge is 1.91. The molecule has 0 aromatic rings. The van der Waals surface area contributed by atoms with Crippen LogP contribution in [-0.4, -0.2) is 11.2 Å². The Balaban J connectivity index is 0. The molecule has 0 aliphatic rings. The minimum atomic E-state index is -0.156. The fraction of sp³-hybridized carbons (Fsp3) is 0.846. The van der Waals surface area contributed by atoms with E-state index in [4.69, 9.17) is 5.11 Å². The summed E-state index contributed by atoms with van der Waals surface area (Å²) in [6.07, 6.45) is 6.02. The van der Waals surface area contributed by atoms with Crippen LogP contribution in [0.1, 0.15) is 54.4 Å². The van der Waals surface area contributed by atoms with Crippen LogP contribution in [0.25, 0.3) is 0 Å². The van der Waals surface area contributed by atoms with E-state index in [1.54, 1.807) is 0 Å². The minimum absolute atomic E-state index is 0.156. The SMILES string of the molecule is CC(C)/C=C/CC[C@H](C)O.CC(C)C. The zero-order valence-electron chi connectivity index (χ0n) is 10.7. The standard InChI is InChI=1S/C9H18O.C4H10/c1-8(2)6-4-5-7-9(3)10;1-4(2)3/h4,6,8-10H,5,7H2,1-3H3;4H,1-3H3/b6-4+;/t9-;/m0./s1. The molecule has 0 unspecified atom stereocenters. The molecule has 14 heavy (non-hydrogen) atoms. The predicted octanol–water partition coefficient (Wildman–Crippen LogP) is 4.02. The number of aliphatic hydroxyl groups excluding tert-OH is 1. The first-order valence-electron chi connectivity index (χ1n) is 5.71. The fourth-order valence-electron chi connectivity index (χ4n) is 0.706. The van der Waals surface area contributed by atoms with Gasteiger partial charge in [-0.05, 0) is 31.6 Å². The molecule has 86 valence electrons. The highest BCUT2D eigenvalue weighted by molar-refractivity contribution is 4.84. The van der Waals surface area contributed by atoms with Gasteiger partial charge in [0.25, 0.3) is 0 Å². The van der Waals surface area contributed by atoms with E-state index in [9.17, 15) is 0 Å². The van der Waals surface area contributed by atoms with Gasteiger partial charge in [-0.25, -0.2) is 0 Å². The average Bonchev–Trinajstić information content (AvgIpc) is 1.96. The van der Waals surface area contributed by atoms with Gasteiger partial charge in [-0.15, -0.1) is 0 Å². The van der Waals surface area contributed by atoms with Crippen molar-refractivity contribution < 1.29 is 5.11 Å². The maximum absolute atomic E-state index is 8.88. The topological polar surface area (TPSA) is 20.2 Å². The Morgan fingerprint density at radius 3 is 1.71 bits per heavy atom. The van der Waals surface area contributed by atoms with Crippen molar-refractivity contribution in [2.45, 2.75) is 60.5 Å². The summed E-state index contributed by atoms with van der Waals surface area (Å²) < 4.78 is 0. The van der Waals surface area contributed by atoms with Crippen LogP contribution >= 0.6 is 0 Å². The van der Waals surface area contributed by atoms with Crippen molar-refractivity contribution in [2.75, 3.05) is 0 Å². The lowest BCUT2D eigenvalue weighted by molar-refractivity contribution is 0.186. The van der Waals surface area contributed by atoms with Crippen LogP contribution in [0.15, 0.2) is 12.2 Å². The molecular formula is C13H28O. The molecule has 0 aliphatic heterocycles. The third-order valence-corrected chi connectivity index (χ3v) is 1.27. The Morgan fingerprint density at radius 1 is 1.00 bits per heavy atom. The van der Waals surface area contributed by atoms with Gasteiger partial charge in [-0.1, -0.05) is 46.8 Å². The number of allylic oxidation sites excluding steroid dienone is 2. The zero-order valence-corrected chi connectivity index (χ0v) is 10.7. The van der Waals surface area contributed by atoms with E-state index in [1.807, 2.05) is 6.92 Å². The average molecular weight is 200 g/mol. The largest absolute Gasteiger partial charge is 0.393 e. The Morgan fingerprint density at radius 2 is 1.43 bits per heavy atom. The van der Waals surface area contributed by atoms with E-state index in [1.165, 1.54) is 0 Å². The lowest BCUT2D eigenvalue weighted by atomic mass is 10.1. The fourth-order valence-corrected chi connectivity index (χ4v) is 0.706. The summed E-state index contributed by atoms with van der Waals surface area (Å²) in [4.78, 5) is 0. The van der Waals surface area contributed by atoms with Crippen molar-refractivity contribution in [3.8, 4) is 0 Å². The first-order chi connectivity index (χ1) is 6.36. The first kappa shape index (κ1) is 16.1. The quantitative estimate of drug-likeness (QED) is 0.679. The molecule has 0 aromatic carbocycles. The van der Waals surface area contributed by atoms with E-state index in [0.29, 0.717) is 5.92 Å². The molecule has 0 heterocycles. The van der Waals surface area contributed by atoms with Crippen molar-refractivity contribution in [2.24, 2.45) is 11.8 Å². The summed E-state index contributed by atoms with van der Waals surface area (Å²) in [7, 11) is 0. The van der Waals surface area contributed by atoms with Crippen LogP contribution in [0.2, 0.25) is 0 Å². The van der Waals surface area contributed by atoms with Gasteiger partial charge in [-0.2, -0.15) is 0 Å². The molecule has 0 amide bonds. The maximum Gasteiger partial charge on any atom is 0.0515 e. The summed E-state index contributed by atoms with van der Waals surface area (Å²) in [6.45, 7) is 12.6. The maximum atomic E-state index is 8.88. The van der Waals surface area contributed by atoms with Gasteiger partial charge in [0.2, 0.25) is 0 Å². The molecule has 0 aliphatic carbocycles. The predicted molar refractivity (Wildman–Crippen MR) is 65.4 cm³/mol. The van der Waals surface area contributed by atoms with Crippen molar-refractivity contribution in [1.82, 2.24) is 0 Å². The van der Waals surface area contributed by atoms with Crippen LogP contribution < -0.4 is 0 Å². The molecule has 0 aromatic heterocycles. The van der Waals surface area contributed by atoms with Crippen LogP contribution in [0, 0.1) is 11.8 Å². The van der Waals surface area contributed by atoms with E-state index in [0.717, 1.165) is 18.8 Å². The third kappa shape index (κ3) is 29.8. The number of hydrogen-bond donors (Lipinski definition) is 1. The van der Waals surface area contributed by atoms with Crippen molar-refractivity contribution in [1.29, 1.82) is 0 Å². The van der Waals surface area contributed by atoms with Gasteiger partial charge in [-0.3, -0.25) is 0 Å². The summed E-state index contributed by atoms with van der Waals surface area (Å²) in [5, 5.41) is 8.88. The van der Waals surface area contributed by atoms with Crippen molar-refractivity contribution in [3.05, 3.63) is 12.2 Å². The Hall–Kier alpha value is -0.300. The Bertz CT molecular complexity index is 120. The Kier molecular flexibility index (Phi) is 12.4. The second-order valence-electron chi connectivity index (χ2n) is 4.83. The van der Waals surface area contributed by atoms with E-state index in [2.05, 4.69) is 46.8 Å². The summed E-state index contributed by atoms with van der Waals surface area (Å²) in [6, 6.07) is 0. The van der Waals surface area contributed by atoms with Gasteiger partial charge in [0.05, 0.1) is 6.10 Å². The second kappa shape index (κ2) is 10.8. The summed E-state index contributed by atoms with van der Waals surface area (Å²) in [5.74, 6) is 1.47. The molecule has 0 saturated carbocycles. The molecule has 0 radical (unpaired) electrons. The lowest BCUT2D eigenvalue weighted by Gasteiger charge is -1.99. The smallest absolute Gasteiger partial charge is 0.0515 e. The zero-order chi connectivity index (χ0) is 11.6. The third-order valence-electron chi connectivity index (χ3n) is 1.27. The normalized spacial score (nSPS) is 13.2. The lowest BCUT2D eigenvalue weighted by Crippen LogP contribution is -1.96. The summed E-state index contributed by atoms with van der Waals surface area (Å²) >= 11 is 0. The molecule has 1 N–H and O–H groups in total. The molecule has 0 bridgehead atoms. The van der Waals surface area contributed by atoms with Gasteiger partial charge >= 0.3 is 0 Å². The molecule has 0 saturated heterocycles. The second-order valence-corrected chi connectivity index (χ2v) is 4.83.